The molecule has 0 saturated carbocycles. The van der Waals surface area contributed by atoms with E-state index in [9.17, 15) is 0 Å². The summed E-state index contributed by atoms with van der Waals surface area (Å²) < 4.78 is 4.84. The van der Waals surface area contributed by atoms with Crippen LogP contribution in [0.4, 0.5) is 0 Å². The summed E-state index contributed by atoms with van der Waals surface area (Å²) in [5.41, 5.74) is 14.2. The third kappa shape index (κ3) is 6.01. The van der Waals surface area contributed by atoms with E-state index >= 15 is 0 Å². The molecule has 0 spiro atoms. The van der Waals surface area contributed by atoms with E-state index in [1.54, 1.807) is 0 Å². The van der Waals surface area contributed by atoms with E-state index in [1.165, 1.54) is 81.5 Å². The average molecular weight is 865 g/mol. The molecular formula is C64H40N4. The third-order valence-corrected chi connectivity index (χ3v) is 13.9. The number of hydrogen-bond donors (Lipinski definition) is 0. The van der Waals surface area contributed by atoms with Crippen LogP contribution in [-0.4, -0.2) is 19.1 Å². The lowest BCUT2D eigenvalue weighted by Gasteiger charge is -2.14. The Morgan fingerprint density at radius 2 is 0.632 bits per heavy atom. The van der Waals surface area contributed by atoms with Crippen molar-refractivity contribution in [3.8, 4) is 56.4 Å². The van der Waals surface area contributed by atoms with Gasteiger partial charge in [0.2, 0.25) is 0 Å². The zero-order valence-electron chi connectivity index (χ0n) is 36.9. The highest BCUT2D eigenvalue weighted by atomic mass is 15.0. The van der Waals surface area contributed by atoms with Gasteiger partial charge in [0.15, 0.2) is 5.82 Å². The summed E-state index contributed by atoms with van der Waals surface area (Å²) in [5.74, 6) is 0.709. The SMILES string of the molecule is c1ccc(-c2cc(-c3ccc(-n4c5ccccc5c5cc(-c6ccc7c8ccccc8n(-c8ccc9c%10ccccc%10c%10ccccc%10c9c8)c7c6)ccc54)cc3)nc(-c3ccccc3)n2)cc1. The van der Waals surface area contributed by atoms with Crippen molar-refractivity contribution in [2.75, 3.05) is 0 Å². The Hall–Kier alpha value is -9.12. The molecule has 0 saturated heterocycles. The zero-order chi connectivity index (χ0) is 44.7. The number of para-hydroxylation sites is 2. The van der Waals surface area contributed by atoms with Crippen LogP contribution in [0.5, 0.6) is 0 Å². The lowest BCUT2D eigenvalue weighted by atomic mass is 9.94. The predicted molar refractivity (Wildman–Crippen MR) is 285 cm³/mol. The number of benzene rings is 11. The molecule has 3 heterocycles. The van der Waals surface area contributed by atoms with Gasteiger partial charge in [-0.2, -0.15) is 0 Å². The van der Waals surface area contributed by atoms with Crippen LogP contribution in [0.1, 0.15) is 0 Å². The minimum Gasteiger partial charge on any atom is -0.309 e. The maximum atomic E-state index is 5.10. The fourth-order valence-electron chi connectivity index (χ4n) is 10.7. The maximum Gasteiger partial charge on any atom is 0.160 e. The first-order chi connectivity index (χ1) is 33.7. The summed E-state index contributed by atoms with van der Waals surface area (Å²) in [6.07, 6.45) is 0. The molecule has 68 heavy (non-hydrogen) atoms. The first-order valence-corrected chi connectivity index (χ1v) is 23.2. The fraction of sp³-hybridized carbons (Fsp3) is 0. The minimum absolute atomic E-state index is 0.709. The topological polar surface area (TPSA) is 35.6 Å². The fourth-order valence-corrected chi connectivity index (χ4v) is 10.7. The van der Waals surface area contributed by atoms with E-state index in [1.807, 2.05) is 24.3 Å². The van der Waals surface area contributed by atoms with Crippen molar-refractivity contribution in [3.05, 3.63) is 243 Å². The molecule has 4 nitrogen and oxygen atoms in total. The van der Waals surface area contributed by atoms with Crippen LogP contribution in [0.3, 0.4) is 0 Å². The van der Waals surface area contributed by atoms with Gasteiger partial charge in [0.25, 0.3) is 0 Å². The number of aromatic nitrogens is 4. The Morgan fingerprint density at radius 1 is 0.221 bits per heavy atom. The van der Waals surface area contributed by atoms with Crippen LogP contribution in [0.25, 0.3) is 132 Å². The summed E-state index contributed by atoms with van der Waals surface area (Å²) in [4.78, 5) is 10.1. The highest BCUT2D eigenvalue weighted by molar-refractivity contribution is 6.25. The van der Waals surface area contributed by atoms with Gasteiger partial charge in [0.1, 0.15) is 0 Å². The maximum absolute atomic E-state index is 5.10. The Kier molecular flexibility index (Phi) is 8.55. The lowest BCUT2D eigenvalue weighted by Crippen LogP contribution is -1.97. The normalized spacial score (nSPS) is 11.8. The molecule has 14 aromatic rings. The molecule has 316 valence electrons. The van der Waals surface area contributed by atoms with Gasteiger partial charge < -0.3 is 9.13 Å². The van der Waals surface area contributed by atoms with E-state index < -0.39 is 0 Å². The molecular weight excluding hydrogens is 825 g/mol. The van der Waals surface area contributed by atoms with Crippen molar-refractivity contribution in [1.29, 1.82) is 0 Å². The molecule has 0 radical (unpaired) electrons. The van der Waals surface area contributed by atoms with Gasteiger partial charge in [-0.25, -0.2) is 9.97 Å². The number of hydrogen-bond acceptors (Lipinski definition) is 2. The second kappa shape index (κ2) is 15.2. The Morgan fingerprint density at radius 3 is 1.28 bits per heavy atom. The first-order valence-electron chi connectivity index (χ1n) is 23.2. The summed E-state index contributed by atoms with van der Waals surface area (Å²) >= 11 is 0. The number of fused-ring (bicyclic) bond motifs is 12. The van der Waals surface area contributed by atoms with Gasteiger partial charge >= 0.3 is 0 Å². The molecule has 0 N–H and O–H groups in total. The van der Waals surface area contributed by atoms with E-state index in [2.05, 4.69) is 228 Å². The molecule has 0 aliphatic rings. The van der Waals surface area contributed by atoms with Crippen LogP contribution in [0, 0.1) is 0 Å². The Bertz CT molecular complexity index is 4200. The highest BCUT2D eigenvalue weighted by Crippen LogP contribution is 2.41. The van der Waals surface area contributed by atoms with Crippen molar-refractivity contribution < 1.29 is 0 Å². The lowest BCUT2D eigenvalue weighted by molar-refractivity contribution is 1.17. The van der Waals surface area contributed by atoms with E-state index in [0.717, 1.165) is 45.0 Å². The zero-order valence-corrected chi connectivity index (χ0v) is 36.9. The van der Waals surface area contributed by atoms with Gasteiger partial charge in [-0.1, -0.05) is 182 Å². The van der Waals surface area contributed by atoms with E-state index in [0.29, 0.717) is 5.82 Å². The van der Waals surface area contributed by atoms with Crippen molar-refractivity contribution in [1.82, 2.24) is 19.1 Å². The second-order valence-corrected chi connectivity index (χ2v) is 17.7. The molecule has 3 aromatic heterocycles. The standard InChI is InChI=1S/C64H40N4/c1-3-15-41(16-4-1)58-40-59(66-64(65-58)43-17-5-2-6-18-43)42-27-31-46(32-28-42)67-61-26-14-12-24-54(61)57-37-44(30-36-62(57)67)45-29-34-55-53-23-11-13-25-60(53)68(63(55)38-45)47-33-35-52-50-21-8-7-19-48(50)49-20-9-10-22-51(49)56(52)39-47/h1-40H. The molecule has 0 amide bonds. The number of nitrogens with zero attached hydrogens (tertiary/aromatic N) is 4. The summed E-state index contributed by atoms with van der Waals surface area (Å²) in [6.45, 7) is 0. The van der Waals surface area contributed by atoms with Crippen LogP contribution in [-0.2, 0) is 0 Å². The average Bonchev–Trinajstić information content (AvgIpc) is 3.93. The summed E-state index contributed by atoms with van der Waals surface area (Å²) in [5, 5.41) is 12.6. The van der Waals surface area contributed by atoms with Gasteiger partial charge in [0.05, 0.1) is 33.5 Å². The molecule has 0 bridgehead atoms. The number of rotatable bonds is 6. The predicted octanol–water partition coefficient (Wildman–Crippen LogP) is 16.8. The second-order valence-electron chi connectivity index (χ2n) is 17.7. The third-order valence-electron chi connectivity index (χ3n) is 13.9. The largest absolute Gasteiger partial charge is 0.309 e. The van der Waals surface area contributed by atoms with Crippen molar-refractivity contribution >= 4 is 75.9 Å². The van der Waals surface area contributed by atoms with Gasteiger partial charge in [-0.15, -0.1) is 0 Å². The van der Waals surface area contributed by atoms with Crippen LogP contribution < -0.4 is 0 Å². The molecule has 0 atom stereocenters. The van der Waals surface area contributed by atoms with E-state index in [4.69, 9.17) is 9.97 Å². The van der Waals surface area contributed by atoms with Crippen molar-refractivity contribution in [3.63, 3.8) is 0 Å². The molecule has 0 fully saturated rings. The summed E-state index contributed by atoms with van der Waals surface area (Å²) in [7, 11) is 0. The molecule has 11 aromatic carbocycles. The van der Waals surface area contributed by atoms with Gasteiger partial charge in [0, 0.05) is 49.6 Å². The summed E-state index contributed by atoms with van der Waals surface area (Å²) in [6, 6.07) is 87.6. The van der Waals surface area contributed by atoms with Crippen molar-refractivity contribution in [2.45, 2.75) is 0 Å². The molecule has 0 aliphatic carbocycles. The van der Waals surface area contributed by atoms with Gasteiger partial charge in [-0.05, 0) is 104 Å². The smallest absolute Gasteiger partial charge is 0.160 e. The first kappa shape index (κ1) is 38.2. The molecule has 4 heteroatoms. The van der Waals surface area contributed by atoms with Crippen LogP contribution >= 0.6 is 0 Å². The Balaban J connectivity index is 0.885. The van der Waals surface area contributed by atoms with Crippen molar-refractivity contribution in [2.24, 2.45) is 0 Å². The monoisotopic (exact) mass is 864 g/mol. The minimum atomic E-state index is 0.709. The highest BCUT2D eigenvalue weighted by Gasteiger charge is 2.18. The van der Waals surface area contributed by atoms with Gasteiger partial charge in [-0.3, -0.25) is 0 Å². The molecule has 0 unspecified atom stereocenters. The molecule has 14 rings (SSSR count). The van der Waals surface area contributed by atoms with Crippen LogP contribution in [0.15, 0.2) is 243 Å². The van der Waals surface area contributed by atoms with Crippen LogP contribution in [0.2, 0.25) is 0 Å². The molecule has 0 aliphatic heterocycles. The quantitative estimate of drug-likeness (QED) is 0.156. The Labute approximate surface area is 392 Å². The van der Waals surface area contributed by atoms with E-state index in [-0.39, 0.29) is 0 Å².